The van der Waals surface area contributed by atoms with Gasteiger partial charge in [-0.2, -0.15) is 4.72 Å². The zero-order valence-corrected chi connectivity index (χ0v) is 13.9. The van der Waals surface area contributed by atoms with Crippen LogP contribution in [0.1, 0.15) is 33.6 Å². The second kappa shape index (κ2) is 8.24. The Morgan fingerprint density at radius 3 is 2.32 bits per heavy atom. The minimum atomic E-state index is -3.85. The maximum atomic E-state index is 12.9. The summed E-state index contributed by atoms with van der Waals surface area (Å²) in [5.74, 6) is -0.414. The molecule has 1 aromatic carbocycles. The van der Waals surface area contributed by atoms with E-state index >= 15 is 0 Å². The van der Waals surface area contributed by atoms with E-state index in [0.29, 0.717) is 18.9 Å². The fourth-order valence-corrected chi connectivity index (χ4v) is 3.08. The Bertz CT molecular complexity index is 585. The molecule has 124 valence electrons. The van der Waals surface area contributed by atoms with Crippen molar-refractivity contribution in [3.63, 3.8) is 0 Å². The first-order valence-electron chi connectivity index (χ1n) is 7.32. The molecular formula is C15H23FN2O3S. The number of carbonyl (C=O) groups is 1. The van der Waals surface area contributed by atoms with Gasteiger partial charge in [-0.05, 0) is 43.0 Å². The Balaban J connectivity index is 2.71. The van der Waals surface area contributed by atoms with Crippen molar-refractivity contribution in [3.8, 4) is 0 Å². The van der Waals surface area contributed by atoms with Crippen molar-refractivity contribution in [1.29, 1.82) is 0 Å². The van der Waals surface area contributed by atoms with Gasteiger partial charge in [-0.25, -0.2) is 12.8 Å². The van der Waals surface area contributed by atoms with Crippen LogP contribution in [-0.2, 0) is 14.8 Å². The number of carbonyl (C=O) groups excluding carboxylic acids is 1. The maximum Gasteiger partial charge on any atom is 0.241 e. The quantitative estimate of drug-likeness (QED) is 0.766. The lowest BCUT2D eigenvalue weighted by atomic mass is 10.1. The molecule has 0 aliphatic rings. The zero-order chi connectivity index (χ0) is 16.8. The van der Waals surface area contributed by atoms with Crippen LogP contribution < -0.4 is 10.0 Å². The van der Waals surface area contributed by atoms with Crippen LogP contribution in [0.25, 0.3) is 0 Å². The number of amides is 1. The van der Waals surface area contributed by atoms with Crippen molar-refractivity contribution < 1.29 is 17.6 Å². The number of benzene rings is 1. The van der Waals surface area contributed by atoms with Crippen LogP contribution in [-0.4, -0.2) is 26.9 Å². The van der Waals surface area contributed by atoms with E-state index in [1.165, 1.54) is 12.1 Å². The number of rotatable bonds is 8. The van der Waals surface area contributed by atoms with E-state index < -0.39 is 21.9 Å². The summed E-state index contributed by atoms with van der Waals surface area (Å²) >= 11 is 0. The molecule has 0 aromatic heterocycles. The first-order valence-corrected chi connectivity index (χ1v) is 8.80. The van der Waals surface area contributed by atoms with Crippen molar-refractivity contribution in [2.24, 2.45) is 5.92 Å². The van der Waals surface area contributed by atoms with Crippen molar-refractivity contribution in [3.05, 3.63) is 30.1 Å². The van der Waals surface area contributed by atoms with Gasteiger partial charge in [-0.3, -0.25) is 4.79 Å². The summed E-state index contributed by atoms with van der Waals surface area (Å²) in [6.45, 7) is 6.31. The standard InChI is InChI=1S/C15H23FN2O3S/c1-4-14(15(19)17-10-9-11(2)3)18-22(20,21)13-7-5-12(16)6-8-13/h5-8,11,14,18H,4,9-10H2,1-3H3,(H,17,19). The molecule has 1 amide bonds. The van der Waals surface area contributed by atoms with E-state index in [1.807, 2.05) is 13.8 Å². The second-order valence-electron chi connectivity index (χ2n) is 5.51. The van der Waals surface area contributed by atoms with Gasteiger partial charge in [0, 0.05) is 6.54 Å². The normalized spacial score (nSPS) is 13.1. The van der Waals surface area contributed by atoms with E-state index in [1.54, 1.807) is 6.92 Å². The van der Waals surface area contributed by atoms with Crippen molar-refractivity contribution >= 4 is 15.9 Å². The van der Waals surface area contributed by atoms with E-state index in [2.05, 4.69) is 10.0 Å². The van der Waals surface area contributed by atoms with Gasteiger partial charge in [-0.1, -0.05) is 20.8 Å². The van der Waals surface area contributed by atoms with E-state index in [-0.39, 0.29) is 10.8 Å². The summed E-state index contributed by atoms with van der Waals surface area (Å²) in [6.07, 6.45) is 1.15. The van der Waals surface area contributed by atoms with E-state index in [0.717, 1.165) is 18.6 Å². The van der Waals surface area contributed by atoms with Gasteiger partial charge in [0.15, 0.2) is 0 Å². The minimum absolute atomic E-state index is 0.0673. The molecule has 0 saturated heterocycles. The Hall–Kier alpha value is -1.47. The average Bonchev–Trinajstić information content (AvgIpc) is 2.44. The van der Waals surface area contributed by atoms with E-state index in [4.69, 9.17) is 0 Å². The third-order valence-electron chi connectivity index (χ3n) is 3.17. The molecule has 1 aromatic rings. The Labute approximate surface area is 131 Å². The molecule has 0 bridgehead atoms. The largest absolute Gasteiger partial charge is 0.355 e. The van der Waals surface area contributed by atoms with Gasteiger partial charge in [0.1, 0.15) is 11.9 Å². The molecule has 5 nitrogen and oxygen atoms in total. The number of hydrogen-bond donors (Lipinski definition) is 2. The molecule has 0 radical (unpaired) electrons. The van der Waals surface area contributed by atoms with Crippen LogP contribution in [0.15, 0.2) is 29.2 Å². The molecule has 0 saturated carbocycles. The fraction of sp³-hybridized carbons (Fsp3) is 0.533. The summed E-state index contributed by atoms with van der Waals surface area (Å²) in [4.78, 5) is 12.0. The fourth-order valence-electron chi connectivity index (χ4n) is 1.80. The summed E-state index contributed by atoms with van der Waals surface area (Å²) in [7, 11) is -3.85. The topological polar surface area (TPSA) is 75.3 Å². The molecule has 1 atom stereocenters. The van der Waals surface area contributed by atoms with Gasteiger partial charge in [0.2, 0.25) is 15.9 Å². The van der Waals surface area contributed by atoms with Crippen LogP contribution in [0.2, 0.25) is 0 Å². The third-order valence-corrected chi connectivity index (χ3v) is 4.65. The van der Waals surface area contributed by atoms with Crippen LogP contribution >= 0.6 is 0 Å². The monoisotopic (exact) mass is 330 g/mol. The second-order valence-corrected chi connectivity index (χ2v) is 7.22. The molecule has 1 unspecified atom stereocenters. The number of sulfonamides is 1. The van der Waals surface area contributed by atoms with Gasteiger partial charge < -0.3 is 5.32 Å². The number of nitrogens with one attached hydrogen (secondary N) is 2. The lowest BCUT2D eigenvalue weighted by Gasteiger charge is -2.17. The highest BCUT2D eigenvalue weighted by Crippen LogP contribution is 2.11. The van der Waals surface area contributed by atoms with Gasteiger partial charge in [0.05, 0.1) is 4.90 Å². The maximum absolute atomic E-state index is 12.9. The van der Waals surface area contributed by atoms with Crippen molar-refractivity contribution in [2.75, 3.05) is 6.54 Å². The molecular weight excluding hydrogens is 307 g/mol. The first kappa shape index (κ1) is 18.6. The summed E-state index contributed by atoms with van der Waals surface area (Å²) in [5, 5.41) is 2.72. The lowest BCUT2D eigenvalue weighted by molar-refractivity contribution is -0.122. The van der Waals surface area contributed by atoms with Crippen LogP contribution in [0, 0.1) is 11.7 Å². The van der Waals surface area contributed by atoms with Gasteiger partial charge in [-0.15, -0.1) is 0 Å². The van der Waals surface area contributed by atoms with Crippen molar-refractivity contribution in [1.82, 2.24) is 10.0 Å². The first-order chi connectivity index (χ1) is 10.3. The summed E-state index contributed by atoms with van der Waals surface area (Å²) < 4.78 is 39.6. The Kier molecular flexibility index (Phi) is 6.96. The molecule has 1 rings (SSSR count). The summed E-state index contributed by atoms with van der Waals surface area (Å²) in [6, 6.07) is 3.63. The molecule has 0 aliphatic carbocycles. The lowest BCUT2D eigenvalue weighted by Crippen LogP contribution is -2.46. The molecule has 0 fully saturated rings. The molecule has 22 heavy (non-hydrogen) atoms. The van der Waals surface area contributed by atoms with Crippen LogP contribution in [0.4, 0.5) is 4.39 Å². The molecule has 0 aliphatic heterocycles. The predicted octanol–water partition coefficient (Wildman–Crippen LogP) is 2.04. The highest BCUT2D eigenvalue weighted by Gasteiger charge is 2.24. The number of hydrogen-bond acceptors (Lipinski definition) is 3. The smallest absolute Gasteiger partial charge is 0.241 e. The molecule has 0 heterocycles. The SMILES string of the molecule is CCC(NS(=O)(=O)c1ccc(F)cc1)C(=O)NCCC(C)C. The number of halogens is 1. The molecule has 2 N–H and O–H groups in total. The predicted molar refractivity (Wildman–Crippen MR) is 83.3 cm³/mol. The summed E-state index contributed by atoms with van der Waals surface area (Å²) in [5.41, 5.74) is 0. The zero-order valence-electron chi connectivity index (χ0n) is 13.1. The van der Waals surface area contributed by atoms with Crippen LogP contribution in [0.5, 0.6) is 0 Å². The van der Waals surface area contributed by atoms with Crippen molar-refractivity contribution in [2.45, 2.75) is 44.6 Å². The highest BCUT2D eigenvalue weighted by molar-refractivity contribution is 7.89. The van der Waals surface area contributed by atoms with Gasteiger partial charge >= 0.3 is 0 Å². The van der Waals surface area contributed by atoms with Gasteiger partial charge in [0.25, 0.3) is 0 Å². The Morgan fingerprint density at radius 2 is 1.82 bits per heavy atom. The third kappa shape index (κ3) is 5.73. The van der Waals surface area contributed by atoms with Crippen LogP contribution in [0.3, 0.4) is 0 Å². The Morgan fingerprint density at radius 1 is 1.23 bits per heavy atom. The molecule has 0 spiro atoms. The van der Waals surface area contributed by atoms with E-state index in [9.17, 15) is 17.6 Å². The molecule has 7 heteroatoms. The minimum Gasteiger partial charge on any atom is -0.355 e. The average molecular weight is 330 g/mol. The highest BCUT2D eigenvalue weighted by atomic mass is 32.2.